The highest BCUT2D eigenvalue weighted by atomic mass is 19.3. The number of ether oxygens (including phenoxy) is 1. The van der Waals surface area contributed by atoms with Gasteiger partial charge in [-0.3, -0.25) is 0 Å². The van der Waals surface area contributed by atoms with E-state index in [1.807, 2.05) is 0 Å². The Morgan fingerprint density at radius 2 is 1.47 bits per heavy atom. The maximum absolute atomic E-state index is 14.9. The molecule has 4 rings (SSSR count). The molecule has 34 heavy (non-hydrogen) atoms. The Kier molecular flexibility index (Phi) is 7.53. The summed E-state index contributed by atoms with van der Waals surface area (Å²) in [5, 5.41) is 0. The van der Waals surface area contributed by atoms with Crippen molar-refractivity contribution in [2.75, 3.05) is 0 Å². The van der Waals surface area contributed by atoms with E-state index < -0.39 is 53.5 Å². The molecule has 0 heterocycles. The standard InChI is InChI=1S/C26H31F7O.H2/c1-14-2-4-15(5-3-14)16-6-8-17(9-7-16)18-10-20(27)24(21(28)11-18)26(32,33)34-19-12-22(29)25(31)23(30)13-19;/h8,12-16,18,20-21,24H,2-7,9-11H2,1H3;1H. The minimum Gasteiger partial charge on any atom is -0.432 e. The fourth-order valence-corrected chi connectivity index (χ4v) is 6.13. The molecule has 3 aliphatic carbocycles. The van der Waals surface area contributed by atoms with Crippen molar-refractivity contribution in [1.29, 1.82) is 0 Å². The van der Waals surface area contributed by atoms with Crippen molar-refractivity contribution in [3.05, 3.63) is 41.2 Å². The van der Waals surface area contributed by atoms with Gasteiger partial charge in [0.1, 0.15) is 24.0 Å². The van der Waals surface area contributed by atoms with E-state index in [4.69, 9.17) is 0 Å². The predicted octanol–water partition coefficient (Wildman–Crippen LogP) is 8.58. The van der Waals surface area contributed by atoms with Gasteiger partial charge >= 0.3 is 6.11 Å². The number of hydrogen-bond donors (Lipinski definition) is 0. The van der Waals surface area contributed by atoms with Crippen molar-refractivity contribution >= 4 is 0 Å². The SMILES string of the molecule is CC1CCC(C2CC=C(C3CC(F)C(C(F)(F)Oc4cc(F)c(F)c(F)c4)C(F)C3)CC2)CC1.[HH]. The van der Waals surface area contributed by atoms with Gasteiger partial charge in [0.2, 0.25) is 0 Å². The van der Waals surface area contributed by atoms with Gasteiger partial charge in [-0.15, -0.1) is 0 Å². The second-order valence-electron chi connectivity index (χ2n) is 10.4. The number of allylic oxidation sites excluding steroid dienone is 2. The lowest BCUT2D eigenvalue weighted by atomic mass is 9.68. The first-order valence-corrected chi connectivity index (χ1v) is 12.2. The monoisotopic (exact) mass is 494 g/mol. The summed E-state index contributed by atoms with van der Waals surface area (Å²) < 4.78 is 103. The molecule has 1 aromatic carbocycles. The molecule has 0 N–H and O–H groups in total. The maximum Gasteiger partial charge on any atom is 0.406 e. The Morgan fingerprint density at radius 1 is 0.882 bits per heavy atom. The van der Waals surface area contributed by atoms with E-state index in [-0.39, 0.29) is 26.4 Å². The fraction of sp³-hybridized carbons (Fsp3) is 0.692. The molecule has 1 nitrogen and oxygen atoms in total. The van der Waals surface area contributed by atoms with E-state index in [0.29, 0.717) is 11.8 Å². The van der Waals surface area contributed by atoms with E-state index in [0.717, 1.165) is 30.8 Å². The molecule has 0 aliphatic heterocycles. The molecule has 0 bridgehead atoms. The molecule has 8 heteroatoms. The number of rotatable bonds is 5. The number of hydrogen-bond acceptors (Lipinski definition) is 1. The number of halogens is 7. The first-order valence-electron chi connectivity index (χ1n) is 12.2. The van der Waals surface area contributed by atoms with E-state index in [2.05, 4.69) is 17.7 Å². The smallest absolute Gasteiger partial charge is 0.406 e. The van der Waals surface area contributed by atoms with Gasteiger partial charge in [0.05, 0.1) is 0 Å². The average molecular weight is 495 g/mol. The third kappa shape index (κ3) is 5.40. The molecular formula is C26H33F7O. The maximum atomic E-state index is 14.9. The first-order chi connectivity index (χ1) is 16.0. The van der Waals surface area contributed by atoms with Crippen LogP contribution in [-0.4, -0.2) is 18.5 Å². The number of benzene rings is 1. The third-order valence-electron chi connectivity index (χ3n) is 8.14. The van der Waals surface area contributed by atoms with Gasteiger partial charge < -0.3 is 4.74 Å². The molecule has 2 saturated carbocycles. The zero-order valence-electron chi connectivity index (χ0n) is 19.2. The number of alkyl halides is 4. The molecule has 0 amide bonds. The Balaban J connectivity index is 0.00000342. The van der Waals surface area contributed by atoms with Crippen LogP contribution >= 0.6 is 0 Å². The molecule has 0 aromatic heterocycles. The Labute approximate surface area is 197 Å². The molecule has 192 valence electrons. The minimum absolute atomic E-state index is 0. The molecule has 0 spiro atoms. The minimum atomic E-state index is -4.36. The van der Waals surface area contributed by atoms with Gasteiger partial charge in [0.15, 0.2) is 17.5 Å². The van der Waals surface area contributed by atoms with Crippen molar-refractivity contribution in [1.82, 2.24) is 0 Å². The van der Waals surface area contributed by atoms with Crippen LogP contribution in [0.25, 0.3) is 0 Å². The van der Waals surface area contributed by atoms with Gasteiger partial charge in [-0.25, -0.2) is 22.0 Å². The van der Waals surface area contributed by atoms with E-state index in [1.54, 1.807) is 0 Å². The van der Waals surface area contributed by atoms with Crippen LogP contribution in [0.1, 0.15) is 66.1 Å². The van der Waals surface area contributed by atoms with Crippen molar-refractivity contribution < 1.29 is 36.9 Å². The Bertz CT molecular complexity index is 865. The Hall–Kier alpha value is -1.73. The van der Waals surface area contributed by atoms with Crippen LogP contribution in [0, 0.1) is 47.0 Å². The van der Waals surface area contributed by atoms with Gasteiger partial charge in [0, 0.05) is 13.6 Å². The van der Waals surface area contributed by atoms with Crippen LogP contribution in [0.3, 0.4) is 0 Å². The van der Waals surface area contributed by atoms with E-state index >= 15 is 0 Å². The lowest BCUT2D eigenvalue weighted by molar-refractivity contribution is -0.251. The predicted molar refractivity (Wildman–Crippen MR) is 117 cm³/mol. The summed E-state index contributed by atoms with van der Waals surface area (Å²) >= 11 is 0. The van der Waals surface area contributed by atoms with E-state index in [1.165, 1.54) is 25.7 Å². The molecule has 1 aromatic rings. The van der Waals surface area contributed by atoms with Crippen LogP contribution < -0.4 is 4.74 Å². The molecule has 3 atom stereocenters. The summed E-state index contributed by atoms with van der Waals surface area (Å²) in [5.74, 6) is -7.17. The second kappa shape index (κ2) is 10.1. The average Bonchev–Trinajstić information content (AvgIpc) is 2.77. The van der Waals surface area contributed by atoms with Crippen LogP contribution in [0.4, 0.5) is 30.7 Å². The van der Waals surface area contributed by atoms with Crippen LogP contribution in [-0.2, 0) is 0 Å². The summed E-state index contributed by atoms with van der Waals surface area (Å²) in [5.41, 5.74) is 0.941. The molecule has 3 aliphatic rings. The van der Waals surface area contributed by atoms with Crippen LogP contribution in [0.15, 0.2) is 23.8 Å². The second-order valence-corrected chi connectivity index (χ2v) is 10.4. The highest BCUT2D eigenvalue weighted by molar-refractivity contribution is 5.25. The van der Waals surface area contributed by atoms with Crippen molar-refractivity contribution in [3.8, 4) is 5.75 Å². The van der Waals surface area contributed by atoms with Crippen molar-refractivity contribution in [2.45, 2.75) is 83.2 Å². The first kappa shape index (κ1) is 25.4. The summed E-state index contributed by atoms with van der Waals surface area (Å²) in [7, 11) is 0. The molecule has 0 saturated heterocycles. The van der Waals surface area contributed by atoms with Gasteiger partial charge in [-0.2, -0.15) is 8.78 Å². The Morgan fingerprint density at radius 3 is 2.00 bits per heavy atom. The van der Waals surface area contributed by atoms with Crippen LogP contribution in [0.2, 0.25) is 0 Å². The zero-order valence-corrected chi connectivity index (χ0v) is 19.2. The highest BCUT2D eigenvalue weighted by Gasteiger charge is 2.55. The largest absolute Gasteiger partial charge is 0.432 e. The zero-order chi connectivity index (χ0) is 24.6. The molecule has 0 radical (unpaired) electrons. The fourth-order valence-electron chi connectivity index (χ4n) is 6.13. The molecule has 3 unspecified atom stereocenters. The lowest BCUT2D eigenvalue weighted by Crippen LogP contribution is -2.49. The topological polar surface area (TPSA) is 9.23 Å². The van der Waals surface area contributed by atoms with Crippen molar-refractivity contribution in [3.63, 3.8) is 0 Å². The van der Waals surface area contributed by atoms with Gasteiger partial charge in [-0.1, -0.05) is 31.4 Å². The molecule has 2 fully saturated rings. The summed E-state index contributed by atoms with van der Waals surface area (Å²) in [4.78, 5) is 0. The van der Waals surface area contributed by atoms with Gasteiger partial charge in [-0.05, 0) is 68.6 Å². The molecular weight excluding hydrogens is 461 g/mol. The van der Waals surface area contributed by atoms with Crippen LogP contribution in [0.5, 0.6) is 5.75 Å². The normalized spacial score (nSPS) is 35.1. The van der Waals surface area contributed by atoms with Crippen molar-refractivity contribution in [2.24, 2.45) is 29.6 Å². The highest BCUT2D eigenvalue weighted by Crippen LogP contribution is 2.48. The van der Waals surface area contributed by atoms with Gasteiger partial charge in [0.25, 0.3) is 0 Å². The van der Waals surface area contributed by atoms with E-state index in [9.17, 15) is 30.7 Å². The third-order valence-corrected chi connectivity index (χ3v) is 8.14. The summed E-state index contributed by atoms with van der Waals surface area (Å²) in [6, 6.07) is 0.462. The summed E-state index contributed by atoms with van der Waals surface area (Å²) in [6.45, 7) is 2.27. The lowest BCUT2D eigenvalue weighted by Gasteiger charge is -2.40. The quantitative estimate of drug-likeness (QED) is 0.226. The summed E-state index contributed by atoms with van der Waals surface area (Å²) in [6.07, 6.45) is 0.266.